The molecule has 3 aromatic rings. The summed E-state index contributed by atoms with van der Waals surface area (Å²) in [5, 5.41) is 29.3. The van der Waals surface area contributed by atoms with Crippen molar-refractivity contribution in [2.75, 3.05) is 11.5 Å². The molecule has 0 saturated heterocycles. The number of rotatable bonds is 8. The standard InChI is InChI=1S/C25H22N4O2S/c1-2-3-4-16-5-7-17(8-6-16)22(31)15-32-25-21(14-27)23(20(13-26)24(28)29-25)18-9-11-19(30)12-10-18/h5-12,30H,2-4,15H2,1H3,(H2,28,29). The molecule has 160 valence electrons. The SMILES string of the molecule is CCCCc1ccc(C(=O)CSc2nc(N)c(C#N)c(-c3ccc(O)cc3)c2C#N)cc1. The molecule has 1 aromatic heterocycles. The second-order valence-electron chi connectivity index (χ2n) is 7.21. The van der Waals surface area contributed by atoms with E-state index < -0.39 is 0 Å². The van der Waals surface area contributed by atoms with E-state index in [0.29, 0.717) is 21.7 Å². The van der Waals surface area contributed by atoms with Crippen LogP contribution in [0.25, 0.3) is 11.1 Å². The number of phenols is 1. The monoisotopic (exact) mass is 442 g/mol. The van der Waals surface area contributed by atoms with Crippen LogP contribution in [0.4, 0.5) is 5.82 Å². The summed E-state index contributed by atoms with van der Waals surface area (Å²) in [7, 11) is 0. The molecule has 0 bridgehead atoms. The predicted octanol–water partition coefficient (Wildman–Crippen LogP) is 5.10. The molecule has 0 amide bonds. The number of ketones is 1. The van der Waals surface area contributed by atoms with Crippen LogP contribution in [0.1, 0.15) is 46.8 Å². The number of phenolic OH excluding ortho intramolecular Hbond substituents is 1. The molecule has 32 heavy (non-hydrogen) atoms. The fourth-order valence-electron chi connectivity index (χ4n) is 3.27. The molecule has 0 fully saturated rings. The Kier molecular flexibility index (Phi) is 7.49. The van der Waals surface area contributed by atoms with Crippen LogP contribution in [0.15, 0.2) is 53.6 Å². The minimum atomic E-state index is -0.0863. The lowest BCUT2D eigenvalue weighted by atomic mass is 9.97. The molecule has 2 aromatic carbocycles. The number of nitrogen functional groups attached to an aromatic ring is 1. The highest BCUT2D eigenvalue weighted by molar-refractivity contribution is 8.00. The van der Waals surface area contributed by atoms with Crippen LogP contribution < -0.4 is 5.73 Å². The highest BCUT2D eigenvalue weighted by Gasteiger charge is 2.21. The van der Waals surface area contributed by atoms with Crippen LogP contribution in [-0.2, 0) is 6.42 Å². The number of pyridine rings is 1. The van der Waals surface area contributed by atoms with Gasteiger partial charge in [-0.1, -0.05) is 61.5 Å². The fraction of sp³-hybridized carbons (Fsp3) is 0.200. The predicted molar refractivity (Wildman–Crippen MR) is 125 cm³/mol. The minimum absolute atomic E-state index is 0.00944. The van der Waals surface area contributed by atoms with Gasteiger partial charge in [0.25, 0.3) is 0 Å². The van der Waals surface area contributed by atoms with E-state index in [0.717, 1.165) is 31.0 Å². The third-order valence-electron chi connectivity index (χ3n) is 5.01. The molecule has 3 N–H and O–H groups in total. The van der Waals surface area contributed by atoms with Gasteiger partial charge in [-0.3, -0.25) is 4.79 Å². The van der Waals surface area contributed by atoms with E-state index in [-0.39, 0.29) is 34.2 Å². The van der Waals surface area contributed by atoms with Crippen molar-refractivity contribution in [3.63, 3.8) is 0 Å². The first-order valence-corrected chi connectivity index (χ1v) is 11.1. The van der Waals surface area contributed by atoms with Gasteiger partial charge in [0.1, 0.15) is 34.3 Å². The van der Waals surface area contributed by atoms with Crippen LogP contribution in [0, 0.1) is 22.7 Å². The van der Waals surface area contributed by atoms with Crippen LogP contribution in [0.3, 0.4) is 0 Å². The number of carbonyl (C=O) groups is 1. The molecule has 0 aliphatic heterocycles. The second kappa shape index (κ2) is 10.5. The smallest absolute Gasteiger partial charge is 0.173 e. The molecule has 3 rings (SSSR count). The number of nitrogens with zero attached hydrogens (tertiary/aromatic N) is 3. The molecule has 1 heterocycles. The van der Waals surface area contributed by atoms with Gasteiger partial charge in [-0.25, -0.2) is 4.98 Å². The zero-order valence-corrected chi connectivity index (χ0v) is 18.4. The summed E-state index contributed by atoms with van der Waals surface area (Å²) >= 11 is 1.12. The zero-order chi connectivity index (χ0) is 23.1. The maximum absolute atomic E-state index is 12.7. The Balaban J connectivity index is 1.88. The van der Waals surface area contributed by atoms with E-state index in [9.17, 15) is 20.4 Å². The Labute approximate surface area is 191 Å². The van der Waals surface area contributed by atoms with E-state index in [1.807, 2.05) is 30.3 Å². The molecular formula is C25H22N4O2S. The van der Waals surface area contributed by atoms with Gasteiger partial charge in [0.15, 0.2) is 5.78 Å². The molecule has 0 aliphatic rings. The highest BCUT2D eigenvalue weighted by Crippen LogP contribution is 2.36. The maximum atomic E-state index is 12.7. The van der Waals surface area contributed by atoms with Gasteiger partial charge in [0.2, 0.25) is 0 Å². The number of aromatic nitrogens is 1. The van der Waals surface area contributed by atoms with Gasteiger partial charge < -0.3 is 10.8 Å². The first-order valence-electron chi connectivity index (χ1n) is 10.2. The molecule has 0 spiro atoms. The number of aromatic hydroxyl groups is 1. The van der Waals surface area contributed by atoms with Gasteiger partial charge >= 0.3 is 0 Å². The minimum Gasteiger partial charge on any atom is -0.508 e. The van der Waals surface area contributed by atoms with Crippen LogP contribution in [0.2, 0.25) is 0 Å². The molecular weight excluding hydrogens is 420 g/mol. The summed E-state index contributed by atoms with van der Waals surface area (Å²) < 4.78 is 0. The average Bonchev–Trinajstić information content (AvgIpc) is 2.81. The van der Waals surface area contributed by atoms with Crippen molar-refractivity contribution >= 4 is 23.4 Å². The number of hydrogen-bond acceptors (Lipinski definition) is 7. The number of benzene rings is 2. The molecule has 6 nitrogen and oxygen atoms in total. The van der Waals surface area contributed by atoms with Crippen molar-refractivity contribution in [3.05, 3.63) is 70.8 Å². The molecule has 0 radical (unpaired) electrons. The number of nitrogens with two attached hydrogens (primary N) is 1. The van der Waals surface area contributed by atoms with E-state index in [4.69, 9.17) is 5.73 Å². The van der Waals surface area contributed by atoms with Crippen molar-refractivity contribution < 1.29 is 9.90 Å². The lowest BCUT2D eigenvalue weighted by Crippen LogP contribution is -2.06. The number of hydrogen-bond donors (Lipinski definition) is 2. The normalized spacial score (nSPS) is 10.3. The van der Waals surface area contributed by atoms with Crippen molar-refractivity contribution in [2.45, 2.75) is 31.2 Å². The third-order valence-corrected chi connectivity index (χ3v) is 5.98. The molecule has 0 atom stereocenters. The number of thioether (sulfide) groups is 1. The van der Waals surface area contributed by atoms with E-state index >= 15 is 0 Å². The van der Waals surface area contributed by atoms with Crippen molar-refractivity contribution in [2.24, 2.45) is 0 Å². The summed E-state index contributed by atoms with van der Waals surface area (Å²) in [4.78, 5) is 16.9. The van der Waals surface area contributed by atoms with Gasteiger partial charge in [0, 0.05) is 11.1 Å². The Morgan fingerprint density at radius 3 is 2.31 bits per heavy atom. The first kappa shape index (κ1) is 22.9. The number of aryl methyl sites for hydroxylation is 1. The van der Waals surface area contributed by atoms with Crippen LogP contribution >= 0.6 is 11.8 Å². The first-order chi connectivity index (χ1) is 15.5. The number of carbonyl (C=O) groups excluding carboxylic acids is 1. The highest BCUT2D eigenvalue weighted by atomic mass is 32.2. The molecule has 0 saturated carbocycles. The summed E-state index contributed by atoms with van der Waals surface area (Å²) in [6, 6.07) is 17.8. The van der Waals surface area contributed by atoms with Crippen LogP contribution in [-0.4, -0.2) is 21.6 Å². The lowest BCUT2D eigenvalue weighted by Gasteiger charge is -2.13. The maximum Gasteiger partial charge on any atom is 0.173 e. The number of nitriles is 2. The second-order valence-corrected chi connectivity index (χ2v) is 8.17. The largest absolute Gasteiger partial charge is 0.508 e. The van der Waals surface area contributed by atoms with Gasteiger partial charge in [-0.2, -0.15) is 10.5 Å². The van der Waals surface area contributed by atoms with E-state index in [1.54, 1.807) is 12.1 Å². The van der Waals surface area contributed by atoms with E-state index in [2.05, 4.69) is 18.0 Å². The number of unbranched alkanes of at least 4 members (excludes halogenated alkanes) is 1. The van der Waals surface area contributed by atoms with Crippen molar-refractivity contribution in [3.8, 4) is 29.0 Å². The average molecular weight is 443 g/mol. The summed E-state index contributed by atoms with van der Waals surface area (Å²) in [6.07, 6.45) is 3.21. The summed E-state index contributed by atoms with van der Waals surface area (Å²) in [6.45, 7) is 2.14. The number of anilines is 1. The quantitative estimate of drug-likeness (QED) is 0.367. The third kappa shape index (κ3) is 5.08. The van der Waals surface area contributed by atoms with Crippen molar-refractivity contribution in [1.82, 2.24) is 4.98 Å². The van der Waals surface area contributed by atoms with Gasteiger partial charge in [0.05, 0.1) is 11.3 Å². The Morgan fingerprint density at radius 1 is 1.06 bits per heavy atom. The van der Waals surface area contributed by atoms with Gasteiger partial charge in [-0.05, 0) is 36.1 Å². The zero-order valence-electron chi connectivity index (χ0n) is 17.6. The Bertz CT molecular complexity index is 1210. The Hall–Kier alpha value is -3.81. The number of Topliss-reactive ketones (excluding diaryl/α,β-unsaturated/α-hetero) is 1. The topological polar surface area (TPSA) is 124 Å². The lowest BCUT2D eigenvalue weighted by molar-refractivity contribution is 0.102. The molecule has 0 unspecified atom stereocenters. The van der Waals surface area contributed by atoms with Crippen LogP contribution in [0.5, 0.6) is 5.75 Å². The fourth-order valence-corrected chi connectivity index (χ4v) is 4.16. The molecule has 7 heteroatoms. The molecule has 0 aliphatic carbocycles. The van der Waals surface area contributed by atoms with E-state index in [1.165, 1.54) is 17.7 Å². The Morgan fingerprint density at radius 2 is 1.72 bits per heavy atom. The summed E-state index contributed by atoms with van der Waals surface area (Å²) in [5.41, 5.74) is 8.96. The summed E-state index contributed by atoms with van der Waals surface area (Å²) in [5.74, 6) is 0.0476. The van der Waals surface area contributed by atoms with Gasteiger partial charge in [-0.15, -0.1) is 0 Å². The van der Waals surface area contributed by atoms with Crippen molar-refractivity contribution in [1.29, 1.82) is 10.5 Å².